The maximum atomic E-state index is 12.6. The van der Waals surface area contributed by atoms with Crippen LogP contribution < -0.4 is 5.56 Å². The van der Waals surface area contributed by atoms with E-state index in [2.05, 4.69) is 25.1 Å². The van der Waals surface area contributed by atoms with Gasteiger partial charge in [0.25, 0.3) is 5.91 Å². The highest BCUT2D eigenvalue weighted by molar-refractivity contribution is 5.94. The number of rotatable bonds is 2. The molecule has 0 N–H and O–H groups in total. The third-order valence-corrected chi connectivity index (χ3v) is 4.44. The lowest BCUT2D eigenvalue weighted by Crippen LogP contribution is -2.29. The van der Waals surface area contributed by atoms with Crippen molar-refractivity contribution in [2.45, 2.75) is 19.3 Å². The summed E-state index contributed by atoms with van der Waals surface area (Å²) >= 11 is 0. The van der Waals surface area contributed by atoms with E-state index in [-0.39, 0.29) is 11.5 Å². The molecule has 114 valence electrons. The van der Waals surface area contributed by atoms with Crippen LogP contribution in [0.1, 0.15) is 33.8 Å². The van der Waals surface area contributed by atoms with Crippen LogP contribution in [0.15, 0.2) is 47.4 Å². The Bertz CT molecular complexity index is 764. The molecule has 1 fully saturated rings. The maximum Gasteiger partial charge on any atom is 0.255 e. The Labute approximate surface area is 130 Å². The van der Waals surface area contributed by atoms with Gasteiger partial charge in [0.1, 0.15) is 0 Å². The molecular weight excluding hydrogens is 276 g/mol. The molecule has 2 heterocycles. The molecule has 0 radical (unpaired) electrons. The van der Waals surface area contributed by atoms with E-state index in [4.69, 9.17) is 0 Å². The number of hydrogen-bond donors (Lipinski definition) is 0. The molecule has 1 atom stereocenters. The Hall–Kier alpha value is -2.36. The Morgan fingerprint density at radius 3 is 2.68 bits per heavy atom. The van der Waals surface area contributed by atoms with Gasteiger partial charge in [-0.2, -0.15) is 0 Å². The minimum atomic E-state index is -0.101. The van der Waals surface area contributed by atoms with Crippen LogP contribution in [0, 0.1) is 6.92 Å². The van der Waals surface area contributed by atoms with Crippen molar-refractivity contribution in [1.29, 1.82) is 0 Å². The number of benzene rings is 1. The highest BCUT2D eigenvalue weighted by Crippen LogP contribution is 2.29. The van der Waals surface area contributed by atoms with Crippen LogP contribution in [0.2, 0.25) is 0 Å². The van der Waals surface area contributed by atoms with Crippen molar-refractivity contribution in [3.05, 3.63) is 69.6 Å². The molecule has 2 aromatic rings. The second-order valence-corrected chi connectivity index (χ2v) is 5.96. The SMILES string of the molecule is Cc1ccccc1[C@@H]1CCN(C(=O)c2ccc(=O)n(C)c2)C1. The summed E-state index contributed by atoms with van der Waals surface area (Å²) in [6, 6.07) is 11.4. The molecule has 1 amide bonds. The highest BCUT2D eigenvalue weighted by atomic mass is 16.2. The number of carbonyl (C=O) groups excluding carboxylic acids is 1. The first kappa shape index (κ1) is 14.6. The number of hydrogen-bond acceptors (Lipinski definition) is 2. The van der Waals surface area contributed by atoms with Crippen molar-refractivity contribution in [1.82, 2.24) is 9.47 Å². The first-order valence-corrected chi connectivity index (χ1v) is 7.58. The van der Waals surface area contributed by atoms with Gasteiger partial charge in [-0.25, -0.2) is 0 Å². The van der Waals surface area contributed by atoms with Crippen LogP contribution in [-0.4, -0.2) is 28.5 Å². The number of pyridine rings is 1. The minimum Gasteiger partial charge on any atom is -0.338 e. The second-order valence-electron chi connectivity index (χ2n) is 5.96. The Balaban J connectivity index is 1.77. The van der Waals surface area contributed by atoms with E-state index in [1.54, 1.807) is 19.3 Å². The van der Waals surface area contributed by atoms with Gasteiger partial charge in [-0.15, -0.1) is 0 Å². The molecule has 1 aromatic carbocycles. The molecule has 22 heavy (non-hydrogen) atoms. The van der Waals surface area contributed by atoms with Gasteiger partial charge in [-0.05, 0) is 30.5 Å². The molecule has 1 aromatic heterocycles. The molecule has 0 unspecified atom stereocenters. The van der Waals surface area contributed by atoms with Crippen LogP contribution >= 0.6 is 0 Å². The van der Waals surface area contributed by atoms with Crippen molar-refractivity contribution >= 4 is 5.91 Å². The molecule has 0 bridgehead atoms. The number of amides is 1. The Kier molecular flexibility index (Phi) is 3.84. The second kappa shape index (κ2) is 5.79. The van der Waals surface area contributed by atoms with Crippen LogP contribution in [0.25, 0.3) is 0 Å². The van der Waals surface area contributed by atoms with E-state index in [1.165, 1.54) is 21.8 Å². The zero-order chi connectivity index (χ0) is 15.7. The molecule has 0 aliphatic carbocycles. The van der Waals surface area contributed by atoms with Crippen molar-refractivity contribution in [2.75, 3.05) is 13.1 Å². The smallest absolute Gasteiger partial charge is 0.255 e. The molecule has 1 aliphatic rings. The van der Waals surface area contributed by atoms with Crippen LogP contribution in [-0.2, 0) is 7.05 Å². The molecule has 0 spiro atoms. The summed E-state index contributed by atoms with van der Waals surface area (Å²) in [5.41, 5.74) is 3.09. The fourth-order valence-corrected chi connectivity index (χ4v) is 3.15. The van der Waals surface area contributed by atoms with Crippen LogP contribution in [0.5, 0.6) is 0 Å². The monoisotopic (exact) mass is 296 g/mol. The number of carbonyl (C=O) groups is 1. The predicted molar refractivity (Wildman–Crippen MR) is 86.1 cm³/mol. The molecule has 3 rings (SSSR count). The lowest BCUT2D eigenvalue weighted by atomic mass is 9.94. The summed E-state index contributed by atoms with van der Waals surface area (Å²) in [6.07, 6.45) is 2.61. The van der Waals surface area contributed by atoms with E-state index in [0.29, 0.717) is 11.5 Å². The van der Waals surface area contributed by atoms with Crippen molar-refractivity contribution in [3.63, 3.8) is 0 Å². The highest BCUT2D eigenvalue weighted by Gasteiger charge is 2.28. The summed E-state index contributed by atoms with van der Waals surface area (Å²) in [7, 11) is 1.67. The van der Waals surface area contributed by atoms with E-state index >= 15 is 0 Å². The average Bonchev–Trinajstić information content (AvgIpc) is 2.99. The van der Waals surface area contributed by atoms with Gasteiger partial charge >= 0.3 is 0 Å². The van der Waals surface area contributed by atoms with Gasteiger partial charge in [-0.1, -0.05) is 24.3 Å². The summed E-state index contributed by atoms with van der Waals surface area (Å²) < 4.78 is 1.45. The van der Waals surface area contributed by atoms with E-state index in [9.17, 15) is 9.59 Å². The fourth-order valence-electron chi connectivity index (χ4n) is 3.15. The van der Waals surface area contributed by atoms with E-state index < -0.39 is 0 Å². The lowest BCUT2D eigenvalue weighted by molar-refractivity contribution is 0.0790. The molecule has 4 heteroatoms. The number of likely N-dealkylation sites (tertiary alicyclic amines) is 1. The third kappa shape index (κ3) is 2.69. The fraction of sp³-hybridized carbons (Fsp3) is 0.333. The number of aromatic nitrogens is 1. The summed E-state index contributed by atoms with van der Waals surface area (Å²) in [6.45, 7) is 3.62. The maximum absolute atomic E-state index is 12.6. The summed E-state index contributed by atoms with van der Waals surface area (Å²) in [5, 5.41) is 0. The van der Waals surface area contributed by atoms with Gasteiger partial charge in [0.05, 0.1) is 5.56 Å². The minimum absolute atomic E-state index is 0.00619. The zero-order valence-electron chi connectivity index (χ0n) is 13.0. The Morgan fingerprint density at radius 1 is 1.18 bits per heavy atom. The first-order valence-electron chi connectivity index (χ1n) is 7.58. The first-order chi connectivity index (χ1) is 10.6. The van der Waals surface area contributed by atoms with Crippen molar-refractivity contribution in [2.24, 2.45) is 7.05 Å². The number of nitrogens with zero attached hydrogens (tertiary/aromatic N) is 2. The summed E-state index contributed by atoms with van der Waals surface area (Å²) in [5.74, 6) is 0.407. The summed E-state index contributed by atoms with van der Waals surface area (Å²) in [4.78, 5) is 25.9. The molecule has 1 saturated heterocycles. The van der Waals surface area contributed by atoms with Gasteiger partial charge in [-0.3, -0.25) is 9.59 Å². The average molecular weight is 296 g/mol. The van der Waals surface area contributed by atoms with Gasteiger partial charge < -0.3 is 9.47 Å². The standard InChI is InChI=1S/C18H20N2O2/c1-13-5-3-4-6-16(13)14-9-10-20(12-14)18(22)15-7-8-17(21)19(2)11-15/h3-8,11,14H,9-10,12H2,1-2H3/t14-/m1/s1. The number of aryl methyl sites for hydroxylation is 2. The van der Waals surface area contributed by atoms with Gasteiger partial charge in [0.2, 0.25) is 5.56 Å². The van der Waals surface area contributed by atoms with Crippen molar-refractivity contribution in [3.8, 4) is 0 Å². The van der Waals surface area contributed by atoms with E-state index in [0.717, 1.165) is 19.5 Å². The largest absolute Gasteiger partial charge is 0.338 e. The zero-order valence-corrected chi connectivity index (χ0v) is 13.0. The predicted octanol–water partition coefficient (Wildman–Crippen LogP) is 2.32. The molecule has 4 nitrogen and oxygen atoms in total. The van der Waals surface area contributed by atoms with E-state index in [1.807, 2.05) is 11.0 Å². The normalized spacial score (nSPS) is 17.7. The van der Waals surface area contributed by atoms with Crippen LogP contribution in [0.3, 0.4) is 0 Å². The van der Waals surface area contributed by atoms with Crippen molar-refractivity contribution < 1.29 is 4.79 Å². The van der Waals surface area contributed by atoms with Gasteiger partial charge in [0, 0.05) is 38.3 Å². The van der Waals surface area contributed by atoms with Gasteiger partial charge in [0.15, 0.2) is 0 Å². The van der Waals surface area contributed by atoms with Crippen LogP contribution in [0.4, 0.5) is 0 Å². The lowest BCUT2D eigenvalue weighted by Gasteiger charge is -2.18. The third-order valence-electron chi connectivity index (χ3n) is 4.44. The Morgan fingerprint density at radius 2 is 1.95 bits per heavy atom. The molecule has 0 saturated carbocycles. The topological polar surface area (TPSA) is 42.3 Å². The molecular formula is C18H20N2O2. The quantitative estimate of drug-likeness (QED) is 0.853. The molecule has 1 aliphatic heterocycles.